The van der Waals surface area contributed by atoms with Gasteiger partial charge >= 0.3 is 5.97 Å². The number of rotatable bonds is 70. The number of unbranched alkanes of at least 4 members (excludes halogenated alkanes) is 42. The van der Waals surface area contributed by atoms with Crippen molar-refractivity contribution >= 4 is 19.7 Å². The molecule has 1 N–H and O–H groups in total. The lowest BCUT2D eigenvalue weighted by Crippen LogP contribution is -2.47. The van der Waals surface area contributed by atoms with E-state index in [1.165, 1.54) is 225 Å². The fraction of sp³-hybridized carbons (Fsp3) is 0.800. The van der Waals surface area contributed by atoms with Crippen molar-refractivity contribution in [2.24, 2.45) is 0 Å². The number of nitrogens with zero attached hydrogens (tertiary/aromatic N) is 1. The molecule has 0 spiro atoms. The van der Waals surface area contributed by atoms with Gasteiger partial charge in [-0.3, -0.25) is 14.2 Å². The van der Waals surface area contributed by atoms with Crippen LogP contribution in [0.15, 0.2) is 85.1 Å². The van der Waals surface area contributed by atoms with Crippen LogP contribution in [0.25, 0.3) is 0 Å². The summed E-state index contributed by atoms with van der Waals surface area (Å²) < 4.78 is 30.5. The van der Waals surface area contributed by atoms with E-state index in [1.54, 1.807) is 0 Å². The summed E-state index contributed by atoms with van der Waals surface area (Å²) in [6, 6.07) is -0.894. The van der Waals surface area contributed by atoms with Crippen LogP contribution in [0, 0.1) is 0 Å². The Morgan fingerprint density at radius 2 is 0.711 bits per heavy atom. The Morgan fingerprint density at radius 1 is 0.400 bits per heavy atom. The summed E-state index contributed by atoms with van der Waals surface area (Å²) >= 11 is 0. The molecule has 0 fully saturated rings. The van der Waals surface area contributed by atoms with E-state index in [4.69, 9.17) is 13.8 Å². The maximum Gasteiger partial charge on any atom is 0.306 e. The zero-order chi connectivity index (χ0) is 65.6. The molecule has 0 aromatic carbocycles. The number of ether oxygens (including phenoxy) is 1. The van der Waals surface area contributed by atoms with Gasteiger partial charge < -0.3 is 28.5 Å². The summed E-state index contributed by atoms with van der Waals surface area (Å²) in [5.41, 5.74) is 0. The molecule has 0 aromatic heterocycles. The number of phosphoric acid groups is 1. The highest BCUT2D eigenvalue weighted by Crippen LogP contribution is 2.38. The molecular weight excluding hydrogens is 1130 g/mol. The number of hydrogen-bond acceptors (Lipinski definition) is 7. The third-order valence-corrected chi connectivity index (χ3v) is 18.0. The SMILES string of the molecule is CC/C=C\C/C=C\C/C=C\C/C=C\C/C=C\CCCCCCCCCCCCCC(=O)NC(COP(=O)([O-])OCC[N+](C)(C)C)C(/C=C/CCCCCCCCCCCC)OC(=O)CCCCCCCCCCCCCCCCC/C=C/CCCCCCCC. The molecule has 1 amide bonds. The molecule has 0 heterocycles. The van der Waals surface area contributed by atoms with Crippen molar-refractivity contribution < 1.29 is 37.3 Å². The van der Waals surface area contributed by atoms with Crippen LogP contribution >= 0.6 is 7.82 Å². The molecule has 0 aliphatic carbocycles. The highest BCUT2D eigenvalue weighted by molar-refractivity contribution is 7.45. The highest BCUT2D eigenvalue weighted by atomic mass is 31.2. The van der Waals surface area contributed by atoms with Gasteiger partial charge in [-0.25, -0.2) is 0 Å². The van der Waals surface area contributed by atoms with E-state index < -0.39 is 20.0 Å². The molecule has 0 saturated carbocycles. The average Bonchev–Trinajstić information content (AvgIpc) is 3.04. The number of amides is 1. The van der Waals surface area contributed by atoms with Gasteiger partial charge in [0.05, 0.1) is 33.8 Å². The van der Waals surface area contributed by atoms with Crippen LogP contribution in [0.3, 0.4) is 0 Å². The van der Waals surface area contributed by atoms with Crippen LogP contribution in [0.4, 0.5) is 0 Å². The van der Waals surface area contributed by atoms with Crippen molar-refractivity contribution in [2.75, 3.05) is 40.9 Å². The van der Waals surface area contributed by atoms with Gasteiger partial charge in [0.15, 0.2) is 0 Å². The zero-order valence-corrected chi connectivity index (χ0v) is 61.0. The van der Waals surface area contributed by atoms with Crippen LogP contribution < -0.4 is 10.2 Å². The summed E-state index contributed by atoms with van der Waals surface area (Å²) in [5.74, 6) is -0.532. The Balaban J connectivity index is 4.97. The van der Waals surface area contributed by atoms with Crippen molar-refractivity contribution in [1.29, 1.82) is 0 Å². The smallest absolute Gasteiger partial charge is 0.306 e. The largest absolute Gasteiger partial charge is 0.756 e. The van der Waals surface area contributed by atoms with E-state index in [1.807, 2.05) is 33.3 Å². The number of carbonyl (C=O) groups excluding carboxylic acids is 2. The monoisotopic (exact) mass is 1280 g/mol. The van der Waals surface area contributed by atoms with E-state index in [2.05, 4.69) is 99.0 Å². The second kappa shape index (κ2) is 69.0. The normalized spacial score (nSPS) is 13.9. The first-order chi connectivity index (χ1) is 43.9. The van der Waals surface area contributed by atoms with Crippen molar-refractivity contribution in [2.45, 2.75) is 373 Å². The topological polar surface area (TPSA) is 114 Å². The lowest BCUT2D eigenvalue weighted by Gasteiger charge is -2.30. The van der Waals surface area contributed by atoms with Gasteiger partial charge in [0.1, 0.15) is 19.3 Å². The number of esters is 1. The molecule has 0 aliphatic rings. The summed E-state index contributed by atoms with van der Waals surface area (Å²) in [4.78, 5) is 40.3. The van der Waals surface area contributed by atoms with Gasteiger partial charge in [-0.1, -0.05) is 331 Å². The summed E-state index contributed by atoms with van der Waals surface area (Å²) in [6.07, 6.45) is 92.9. The van der Waals surface area contributed by atoms with Gasteiger partial charge in [-0.15, -0.1) is 0 Å². The van der Waals surface area contributed by atoms with Crippen molar-refractivity contribution in [3.05, 3.63) is 85.1 Å². The quantitative estimate of drug-likeness (QED) is 0.0212. The Labute approximate surface area is 558 Å². The molecule has 0 radical (unpaired) electrons. The number of allylic oxidation sites excluding steroid dienone is 13. The van der Waals surface area contributed by atoms with E-state index in [0.29, 0.717) is 17.4 Å². The molecule has 90 heavy (non-hydrogen) atoms. The summed E-state index contributed by atoms with van der Waals surface area (Å²) in [5, 5.41) is 3.05. The molecule has 0 aromatic rings. The average molecular weight is 1280 g/mol. The lowest BCUT2D eigenvalue weighted by molar-refractivity contribution is -0.870. The molecule has 524 valence electrons. The Kier molecular flexibility index (Phi) is 66.9. The summed E-state index contributed by atoms with van der Waals surface area (Å²) in [6.45, 7) is 6.77. The molecule has 3 atom stereocenters. The second-order valence-electron chi connectivity index (χ2n) is 27.1. The van der Waals surface area contributed by atoms with Gasteiger partial charge in [0, 0.05) is 12.8 Å². The maximum absolute atomic E-state index is 13.6. The minimum absolute atomic E-state index is 0.0241. The fourth-order valence-corrected chi connectivity index (χ4v) is 11.9. The van der Waals surface area contributed by atoms with Gasteiger partial charge in [-0.05, 0) is 102 Å². The molecule has 0 saturated heterocycles. The first-order valence-electron chi connectivity index (χ1n) is 38.4. The third kappa shape index (κ3) is 69.5. The molecule has 0 rings (SSSR count). The molecule has 9 nitrogen and oxygen atoms in total. The molecule has 3 unspecified atom stereocenters. The first kappa shape index (κ1) is 87.2. The minimum Gasteiger partial charge on any atom is -0.756 e. The van der Waals surface area contributed by atoms with Gasteiger partial charge in [0.2, 0.25) is 5.91 Å². The molecule has 0 bridgehead atoms. The maximum atomic E-state index is 13.6. The van der Waals surface area contributed by atoms with E-state index >= 15 is 0 Å². The molecular formula is C80H147N2O7P. The molecule has 10 heteroatoms. The standard InChI is InChI=1S/C80H147N2O7P/c1-7-10-13-16-19-22-25-28-30-32-34-36-38-40-41-43-44-46-48-50-52-54-57-60-63-66-69-72-79(83)81-77(76-88-90(85,86)87-75-74-82(4,5)6)78(71-68-65-62-59-56-27-24-21-18-15-12-9-3)89-80(84)73-70-67-64-61-58-55-53-51-49-47-45-42-39-37-35-33-31-29-26-23-20-17-14-11-8-2/h10,13,19,22,28-31,34,36,40-41,68,71,77-78H,7-9,11-12,14-18,20-21,23-27,32-33,35,37-39,42-67,69-70,72-76H2,1-6H3,(H-,81,83,85,86)/b13-10-,22-19-,30-28-,31-29+,36-34-,41-40-,71-68+. The van der Waals surface area contributed by atoms with Gasteiger partial charge in [-0.2, -0.15) is 0 Å². The Morgan fingerprint density at radius 3 is 1.08 bits per heavy atom. The van der Waals surface area contributed by atoms with E-state index in [-0.39, 0.29) is 31.5 Å². The van der Waals surface area contributed by atoms with Crippen molar-refractivity contribution in [3.63, 3.8) is 0 Å². The number of phosphoric ester groups is 1. The van der Waals surface area contributed by atoms with Crippen molar-refractivity contribution in [1.82, 2.24) is 5.32 Å². The number of likely N-dealkylation sites (N-methyl/N-ethyl adjacent to an activating group) is 1. The van der Waals surface area contributed by atoms with Crippen LogP contribution in [-0.2, 0) is 27.9 Å². The highest BCUT2D eigenvalue weighted by Gasteiger charge is 2.27. The van der Waals surface area contributed by atoms with Crippen LogP contribution in [0.1, 0.15) is 361 Å². The van der Waals surface area contributed by atoms with Crippen LogP contribution in [0.2, 0.25) is 0 Å². The predicted molar refractivity (Wildman–Crippen MR) is 390 cm³/mol. The lowest BCUT2D eigenvalue weighted by atomic mass is 10.0. The molecule has 0 aliphatic heterocycles. The minimum atomic E-state index is -4.71. The number of quaternary nitrogens is 1. The number of hydrogen-bond donors (Lipinski definition) is 1. The van der Waals surface area contributed by atoms with E-state index in [0.717, 1.165) is 103 Å². The number of carbonyl (C=O) groups is 2. The van der Waals surface area contributed by atoms with Gasteiger partial charge in [0.25, 0.3) is 7.82 Å². The Hall–Kier alpha value is -2.81. The predicted octanol–water partition coefficient (Wildman–Crippen LogP) is 24.2. The van der Waals surface area contributed by atoms with Crippen molar-refractivity contribution in [3.8, 4) is 0 Å². The van der Waals surface area contributed by atoms with E-state index in [9.17, 15) is 19.0 Å². The van der Waals surface area contributed by atoms with Crippen LogP contribution in [0.5, 0.6) is 0 Å². The fourth-order valence-electron chi connectivity index (χ4n) is 11.2. The zero-order valence-electron chi connectivity index (χ0n) is 60.1. The second-order valence-corrected chi connectivity index (χ2v) is 28.5. The third-order valence-electron chi connectivity index (χ3n) is 17.1. The Bertz CT molecular complexity index is 1810. The van der Waals surface area contributed by atoms with Crippen LogP contribution in [-0.4, -0.2) is 69.4 Å². The first-order valence-corrected chi connectivity index (χ1v) is 39.9. The number of nitrogens with one attached hydrogen (secondary N) is 1. The summed E-state index contributed by atoms with van der Waals surface area (Å²) in [7, 11) is 1.19.